The second kappa shape index (κ2) is 12.6. The number of ether oxygens (including phenoxy) is 2. The summed E-state index contributed by atoms with van der Waals surface area (Å²) in [6, 6.07) is 15.4. The number of allylic oxidation sites excluding steroid dienone is 1. The van der Waals surface area contributed by atoms with Gasteiger partial charge in [0.15, 0.2) is 16.7 Å². The molecular weight excluding hydrogens is 538 g/mol. The molecular formula is C29H26ClN3O5S. The van der Waals surface area contributed by atoms with Gasteiger partial charge in [0.2, 0.25) is 0 Å². The van der Waals surface area contributed by atoms with Crippen LogP contribution >= 0.6 is 23.4 Å². The van der Waals surface area contributed by atoms with Crippen LogP contribution in [0.1, 0.15) is 29.2 Å². The van der Waals surface area contributed by atoms with Crippen molar-refractivity contribution in [3.05, 3.63) is 110 Å². The summed E-state index contributed by atoms with van der Waals surface area (Å²) in [5.41, 5.74) is 3.90. The summed E-state index contributed by atoms with van der Waals surface area (Å²) in [7, 11) is 0. The fraction of sp³-hybridized carbons (Fsp3) is 0.172. The van der Waals surface area contributed by atoms with E-state index >= 15 is 0 Å². The van der Waals surface area contributed by atoms with Crippen LogP contribution in [0.5, 0.6) is 11.5 Å². The number of hydrogen-bond donors (Lipinski definition) is 1. The number of carbonyl (C=O) groups is 1. The average molecular weight is 564 g/mol. The summed E-state index contributed by atoms with van der Waals surface area (Å²) in [5, 5.41) is 14.8. The minimum absolute atomic E-state index is 0.0169. The Morgan fingerprint density at radius 1 is 1.18 bits per heavy atom. The lowest BCUT2D eigenvalue weighted by Crippen LogP contribution is -2.19. The van der Waals surface area contributed by atoms with Crippen molar-refractivity contribution in [3.63, 3.8) is 0 Å². The van der Waals surface area contributed by atoms with E-state index in [2.05, 4.69) is 16.9 Å². The second-order valence-corrected chi connectivity index (χ2v) is 9.95. The van der Waals surface area contributed by atoms with Gasteiger partial charge in [0.1, 0.15) is 6.61 Å². The van der Waals surface area contributed by atoms with Crippen LogP contribution in [0.4, 0.5) is 11.4 Å². The van der Waals surface area contributed by atoms with Crippen molar-refractivity contribution in [2.24, 2.45) is 4.99 Å². The Kier molecular flexibility index (Phi) is 9.06. The summed E-state index contributed by atoms with van der Waals surface area (Å²) in [4.78, 5) is 28.3. The van der Waals surface area contributed by atoms with E-state index in [9.17, 15) is 14.9 Å². The number of rotatable bonds is 10. The number of benzene rings is 3. The predicted molar refractivity (Wildman–Crippen MR) is 156 cm³/mol. The Balaban J connectivity index is 1.61. The molecule has 0 aromatic heterocycles. The highest BCUT2D eigenvalue weighted by Crippen LogP contribution is 2.37. The van der Waals surface area contributed by atoms with E-state index < -0.39 is 4.92 Å². The average Bonchev–Trinajstić information content (AvgIpc) is 3.25. The topological polar surface area (TPSA) is 103 Å². The molecule has 0 radical (unpaired) electrons. The maximum absolute atomic E-state index is 12.7. The molecule has 1 fully saturated rings. The Morgan fingerprint density at radius 3 is 2.64 bits per heavy atom. The number of thioether (sulfide) groups is 1. The number of aliphatic imine (C=N–C) groups is 1. The van der Waals surface area contributed by atoms with E-state index in [1.54, 1.807) is 30.4 Å². The molecule has 1 aliphatic heterocycles. The summed E-state index contributed by atoms with van der Waals surface area (Å²) in [6.45, 7) is 8.21. The molecule has 0 unspecified atom stereocenters. The van der Waals surface area contributed by atoms with E-state index in [0.717, 1.165) is 22.3 Å². The van der Waals surface area contributed by atoms with Crippen LogP contribution < -0.4 is 14.8 Å². The van der Waals surface area contributed by atoms with Crippen LogP contribution in [0.25, 0.3) is 6.08 Å². The van der Waals surface area contributed by atoms with Crippen molar-refractivity contribution in [2.75, 3.05) is 6.61 Å². The molecule has 39 heavy (non-hydrogen) atoms. The van der Waals surface area contributed by atoms with E-state index in [4.69, 9.17) is 21.1 Å². The van der Waals surface area contributed by atoms with Gasteiger partial charge in [0.05, 0.1) is 22.1 Å². The summed E-state index contributed by atoms with van der Waals surface area (Å²) in [5.74, 6) is 0.831. The first-order valence-electron chi connectivity index (χ1n) is 12.1. The lowest BCUT2D eigenvalue weighted by atomic mass is 10.0. The third kappa shape index (κ3) is 6.87. The molecule has 0 spiro atoms. The van der Waals surface area contributed by atoms with Crippen LogP contribution in [0, 0.1) is 17.0 Å². The summed E-state index contributed by atoms with van der Waals surface area (Å²) in [6.07, 6.45) is 4.05. The monoisotopic (exact) mass is 563 g/mol. The van der Waals surface area contributed by atoms with Gasteiger partial charge in [0, 0.05) is 22.7 Å². The van der Waals surface area contributed by atoms with Gasteiger partial charge in [0.25, 0.3) is 11.6 Å². The van der Waals surface area contributed by atoms with E-state index in [-0.39, 0.29) is 18.2 Å². The molecule has 0 saturated carbocycles. The zero-order valence-corrected chi connectivity index (χ0v) is 23.0. The van der Waals surface area contributed by atoms with Crippen LogP contribution in [-0.2, 0) is 17.8 Å². The standard InChI is InChI=1S/C29H26ClN3O5S/c1-4-7-21-14-20(16-26-28(34)32-29(39-26)31-24-9-6-8-23(30)18(24)3)15-25(37-5-2)27(21)38-17-19-10-12-22(13-11-19)33(35)36/h4,6,8-16H,1,5,7,17H2,2-3H3,(H,31,32,34)/b26-16+. The summed E-state index contributed by atoms with van der Waals surface area (Å²) < 4.78 is 12.0. The fourth-order valence-electron chi connectivity index (χ4n) is 3.83. The SMILES string of the molecule is C=CCc1cc(/C=C2/SC(=Nc3cccc(Cl)c3C)NC2=O)cc(OCC)c1OCc1ccc([N+](=O)[O-])cc1. The zero-order chi connectivity index (χ0) is 27.9. The maximum atomic E-state index is 12.7. The molecule has 1 heterocycles. The quantitative estimate of drug-likeness (QED) is 0.121. The molecule has 1 aliphatic rings. The number of nitrogens with zero attached hydrogens (tertiary/aromatic N) is 2. The number of nitro groups is 1. The van der Waals surface area contributed by atoms with Gasteiger partial charge < -0.3 is 14.8 Å². The van der Waals surface area contributed by atoms with Gasteiger partial charge in [-0.15, -0.1) is 6.58 Å². The largest absolute Gasteiger partial charge is 0.490 e. The summed E-state index contributed by atoms with van der Waals surface area (Å²) >= 11 is 7.45. The molecule has 3 aromatic rings. The number of hydrogen-bond acceptors (Lipinski definition) is 7. The zero-order valence-electron chi connectivity index (χ0n) is 21.4. The smallest absolute Gasteiger partial charge is 0.269 e. The lowest BCUT2D eigenvalue weighted by Gasteiger charge is -2.17. The minimum atomic E-state index is -0.441. The highest BCUT2D eigenvalue weighted by molar-refractivity contribution is 8.18. The van der Waals surface area contributed by atoms with E-state index in [1.165, 1.54) is 23.9 Å². The number of non-ortho nitro benzene ring substituents is 1. The third-order valence-electron chi connectivity index (χ3n) is 5.76. The Labute approximate surface area is 235 Å². The molecule has 8 nitrogen and oxygen atoms in total. The van der Waals surface area contributed by atoms with Crippen molar-refractivity contribution >= 4 is 51.9 Å². The van der Waals surface area contributed by atoms with Crippen molar-refractivity contribution in [2.45, 2.75) is 26.9 Å². The molecule has 1 saturated heterocycles. The molecule has 200 valence electrons. The molecule has 10 heteroatoms. The van der Waals surface area contributed by atoms with E-state index in [0.29, 0.717) is 45.3 Å². The number of halogens is 1. The molecule has 1 amide bonds. The first-order chi connectivity index (χ1) is 18.8. The Bertz CT molecular complexity index is 1480. The predicted octanol–water partition coefficient (Wildman–Crippen LogP) is 7.15. The molecule has 0 bridgehead atoms. The number of nitro benzene ring substituents is 1. The first-order valence-corrected chi connectivity index (χ1v) is 13.3. The molecule has 0 atom stereocenters. The highest BCUT2D eigenvalue weighted by Gasteiger charge is 2.25. The number of nitrogens with one attached hydrogen (secondary N) is 1. The van der Waals surface area contributed by atoms with Crippen LogP contribution in [-0.4, -0.2) is 22.6 Å². The van der Waals surface area contributed by atoms with Crippen molar-refractivity contribution in [1.29, 1.82) is 0 Å². The van der Waals surface area contributed by atoms with Gasteiger partial charge in [-0.25, -0.2) is 4.99 Å². The van der Waals surface area contributed by atoms with Crippen LogP contribution in [0.15, 0.2) is 77.1 Å². The van der Waals surface area contributed by atoms with Crippen LogP contribution in [0.3, 0.4) is 0 Å². The van der Waals surface area contributed by atoms with Gasteiger partial charge in [-0.05, 0) is 91.2 Å². The Hall–Kier alpha value is -4.08. The number of amidine groups is 1. The Morgan fingerprint density at radius 2 is 1.95 bits per heavy atom. The third-order valence-corrected chi connectivity index (χ3v) is 7.08. The fourth-order valence-corrected chi connectivity index (χ4v) is 4.83. The van der Waals surface area contributed by atoms with Crippen molar-refractivity contribution in [3.8, 4) is 11.5 Å². The normalized spacial score (nSPS) is 14.9. The first kappa shape index (κ1) is 27.9. The molecule has 1 N–H and O–H groups in total. The highest BCUT2D eigenvalue weighted by atomic mass is 35.5. The van der Waals surface area contributed by atoms with Gasteiger partial charge >= 0.3 is 0 Å². The second-order valence-electron chi connectivity index (χ2n) is 8.51. The minimum Gasteiger partial charge on any atom is -0.490 e. The van der Waals surface area contributed by atoms with Crippen molar-refractivity contribution in [1.82, 2.24) is 5.32 Å². The number of carbonyl (C=O) groups excluding carboxylic acids is 1. The van der Waals surface area contributed by atoms with Gasteiger partial charge in [-0.3, -0.25) is 14.9 Å². The molecule has 4 rings (SSSR count). The lowest BCUT2D eigenvalue weighted by molar-refractivity contribution is -0.384. The van der Waals surface area contributed by atoms with E-state index in [1.807, 2.05) is 38.1 Å². The molecule has 3 aromatic carbocycles. The van der Waals surface area contributed by atoms with Crippen molar-refractivity contribution < 1.29 is 19.2 Å². The number of amides is 1. The van der Waals surface area contributed by atoms with Gasteiger partial charge in [-0.1, -0.05) is 23.7 Å². The maximum Gasteiger partial charge on any atom is 0.269 e. The molecule has 0 aliphatic carbocycles. The van der Waals surface area contributed by atoms with Gasteiger partial charge in [-0.2, -0.15) is 0 Å². The van der Waals surface area contributed by atoms with Crippen LogP contribution in [0.2, 0.25) is 5.02 Å².